The van der Waals surface area contributed by atoms with Crippen LogP contribution in [-0.2, 0) is 16.6 Å². The summed E-state index contributed by atoms with van der Waals surface area (Å²) in [5.74, 6) is 0. The van der Waals surface area contributed by atoms with Crippen LogP contribution in [0.5, 0.6) is 0 Å². The highest BCUT2D eigenvalue weighted by atomic mass is 32.2. The summed E-state index contributed by atoms with van der Waals surface area (Å²) in [6.07, 6.45) is 4.09. The molecule has 0 radical (unpaired) electrons. The first-order chi connectivity index (χ1) is 9.63. The molecule has 0 unspecified atom stereocenters. The van der Waals surface area contributed by atoms with Crippen LogP contribution < -0.4 is 5.73 Å². The van der Waals surface area contributed by atoms with Crippen molar-refractivity contribution in [2.24, 2.45) is 5.73 Å². The monoisotopic (exact) mass is 296 g/mol. The molecule has 1 aromatic heterocycles. The third-order valence-corrected chi connectivity index (χ3v) is 5.97. The summed E-state index contributed by atoms with van der Waals surface area (Å²) in [5, 5.41) is 0. The normalized spacial score (nSPS) is 22.1. The lowest BCUT2D eigenvalue weighted by atomic mass is 10.3. The molecule has 20 heavy (non-hydrogen) atoms. The first-order valence-electron chi connectivity index (χ1n) is 7.01. The van der Waals surface area contributed by atoms with Gasteiger partial charge in [-0.3, -0.25) is 9.88 Å². The van der Waals surface area contributed by atoms with Crippen molar-refractivity contribution in [1.29, 1.82) is 0 Å². The van der Waals surface area contributed by atoms with Crippen LogP contribution in [0.25, 0.3) is 0 Å². The fraction of sp³-hybridized carbons (Fsp3) is 0.615. The maximum atomic E-state index is 12.7. The minimum atomic E-state index is -3.47. The van der Waals surface area contributed by atoms with E-state index in [1.165, 1.54) is 12.8 Å². The van der Waals surface area contributed by atoms with Gasteiger partial charge in [-0.1, -0.05) is 0 Å². The molecule has 2 N–H and O–H groups in total. The molecule has 3 rings (SSSR count). The Kier molecular flexibility index (Phi) is 3.76. The molecular weight excluding hydrogens is 276 g/mol. The molecule has 1 saturated carbocycles. The number of nitrogens with two attached hydrogens (primary N) is 1. The summed E-state index contributed by atoms with van der Waals surface area (Å²) in [6.45, 7) is 2.89. The molecule has 1 aliphatic heterocycles. The van der Waals surface area contributed by atoms with Crippen LogP contribution in [0.3, 0.4) is 0 Å². The Labute approximate surface area is 119 Å². The van der Waals surface area contributed by atoms with Gasteiger partial charge in [-0.05, 0) is 25.0 Å². The zero-order valence-corrected chi connectivity index (χ0v) is 12.2. The third kappa shape index (κ3) is 2.58. The molecular formula is C13H20N4O2S. The molecule has 2 aliphatic rings. The molecule has 1 aliphatic carbocycles. The second kappa shape index (κ2) is 5.40. The average molecular weight is 296 g/mol. The molecule has 2 fully saturated rings. The lowest BCUT2D eigenvalue weighted by Gasteiger charge is -2.34. The zero-order chi connectivity index (χ0) is 14.2. The molecule has 0 spiro atoms. The molecule has 1 aromatic rings. The molecule has 7 heteroatoms. The van der Waals surface area contributed by atoms with Gasteiger partial charge in [-0.15, -0.1) is 0 Å². The fourth-order valence-electron chi connectivity index (χ4n) is 2.70. The highest BCUT2D eigenvalue weighted by molar-refractivity contribution is 7.89. The number of rotatable bonds is 4. The van der Waals surface area contributed by atoms with Gasteiger partial charge in [-0.2, -0.15) is 4.31 Å². The average Bonchev–Trinajstić information content (AvgIpc) is 3.32. The van der Waals surface area contributed by atoms with Crippen molar-refractivity contribution in [3.63, 3.8) is 0 Å². The largest absolute Gasteiger partial charge is 0.325 e. The summed E-state index contributed by atoms with van der Waals surface area (Å²) < 4.78 is 26.9. The fourth-order valence-corrected chi connectivity index (χ4v) is 4.31. The van der Waals surface area contributed by atoms with E-state index in [9.17, 15) is 8.42 Å². The number of hydrogen-bond acceptors (Lipinski definition) is 5. The summed E-state index contributed by atoms with van der Waals surface area (Å²) in [6, 6.07) is 3.93. The molecule has 0 aromatic carbocycles. The Morgan fingerprint density at radius 1 is 1.25 bits per heavy atom. The Morgan fingerprint density at radius 3 is 2.55 bits per heavy atom. The molecule has 2 heterocycles. The van der Waals surface area contributed by atoms with E-state index in [1.807, 2.05) is 0 Å². The van der Waals surface area contributed by atoms with E-state index in [-0.39, 0.29) is 11.4 Å². The van der Waals surface area contributed by atoms with Crippen molar-refractivity contribution < 1.29 is 8.42 Å². The van der Waals surface area contributed by atoms with Crippen molar-refractivity contribution >= 4 is 10.0 Å². The van der Waals surface area contributed by atoms with Gasteiger partial charge in [-0.25, -0.2) is 8.42 Å². The minimum absolute atomic E-state index is 0.136. The van der Waals surface area contributed by atoms with Gasteiger partial charge < -0.3 is 5.73 Å². The Morgan fingerprint density at radius 2 is 1.95 bits per heavy atom. The van der Waals surface area contributed by atoms with Gasteiger partial charge >= 0.3 is 0 Å². The van der Waals surface area contributed by atoms with Crippen LogP contribution in [0.1, 0.15) is 18.5 Å². The number of nitrogens with zero attached hydrogens (tertiary/aromatic N) is 3. The first kappa shape index (κ1) is 13.9. The Hall–Kier alpha value is -1.02. The second-order valence-electron chi connectivity index (χ2n) is 5.32. The predicted octanol–water partition coefficient (Wildman–Crippen LogP) is 0.00900. The van der Waals surface area contributed by atoms with Gasteiger partial charge in [0.05, 0.1) is 5.69 Å². The topological polar surface area (TPSA) is 79.5 Å². The van der Waals surface area contributed by atoms with E-state index in [0.29, 0.717) is 24.8 Å². The maximum absolute atomic E-state index is 12.7. The van der Waals surface area contributed by atoms with Crippen LogP contribution in [-0.4, -0.2) is 54.8 Å². The van der Waals surface area contributed by atoms with E-state index in [1.54, 1.807) is 22.6 Å². The molecule has 1 saturated heterocycles. The van der Waals surface area contributed by atoms with Gasteiger partial charge in [0.1, 0.15) is 4.90 Å². The van der Waals surface area contributed by atoms with Gasteiger partial charge in [0.2, 0.25) is 10.0 Å². The van der Waals surface area contributed by atoms with Crippen LogP contribution >= 0.6 is 0 Å². The number of pyridine rings is 1. The molecule has 110 valence electrons. The summed E-state index contributed by atoms with van der Waals surface area (Å²) >= 11 is 0. The van der Waals surface area contributed by atoms with Gasteiger partial charge in [0, 0.05) is 45.0 Å². The van der Waals surface area contributed by atoms with Crippen LogP contribution in [0, 0.1) is 0 Å². The molecule has 0 atom stereocenters. The highest BCUT2D eigenvalue weighted by Crippen LogP contribution is 2.28. The minimum Gasteiger partial charge on any atom is -0.325 e. The Balaban J connectivity index is 1.78. The van der Waals surface area contributed by atoms with Crippen molar-refractivity contribution in [1.82, 2.24) is 14.2 Å². The number of sulfonamides is 1. The van der Waals surface area contributed by atoms with E-state index < -0.39 is 10.0 Å². The number of aromatic nitrogens is 1. The maximum Gasteiger partial charge on any atom is 0.245 e. The second-order valence-corrected chi connectivity index (χ2v) is 7.23. The van der Waals surface area contributed by atoms with Crippen molar-refractivity contribution in [2.75, 3.05) is 26.2 Å². The standard InChI is InChI=1S/C13H20N4O2S/c14-10-12-13(2-1-5-15-12)20(18,19)17-8-6-16(7-9-17)11-3-4-11/h1-2,5,11H,3-4,6-10,14H2. The quantitative estimate of drug-likeness (QED) is 0.846. The molecule has 0 amide bonds. The first-order valence-corrected chi connectivity index (χ1v) is 8.45. The predicted molar refractivity (Wildman–Crippen MR) is 75.5 cm³/mol. The van der Waals surface area contributed by atoms with E-state index in [2.05, 4.69) is 9.88 Å². The Bertz CT molecular complexity index is 578. The summed E-state index contributed by atoms with van der Waals surface area (Å²) in [7, 11) is -3.47. The van der Waals surface area contributed by atoms with E-state index in [4.69, 9.17) is 5.73 Å². The lowest BCUT2D eigenvalue weighted by Crippen LogP contribution is -2.49. The smallest absolute Gasteiger partial charge is 0.245 e. The summed E-state index contributed by atoms with van der Waals surface area (Å²) in [5.41, 5.74) is 6.03. The molecule has 6 nitrogen and oxygen atoms in total. The summed E-state index contributed by atoms with van der Waals surface area (Å²) in [4.78, 5) is 6.71. The molecule has 0 bridgehead atoms. The number of hydrogen-bond donors (Lipinski definition) is 1. The van der Waals surface area contributed by atoms with Crippen LogP contribution in [0.4, 0.5) is 0 Å². The number of piperazine rings is 1. The van der Waals surface area contributed by atoms with Gasteiger partial charge in [0.25, 0.3) is 0 Å². The van der Waals surface area contributed by atoms with Crippen molar-refractivity contribution in [3.8, 4) is 0 Å². The lowest BCUT2D eigenvalue weighted by molar-refractivity contribution is 0.180. The van der Waals surface area contributed by atoms with Crippen LogP contribution in [0.2, 0.25) is 0 Å². The highest BCUT2D eigenvalue weighted by Gasteiger charge is 2.35. The van der Waals surface area contributed by atoms with Crippen molar-refractivity contribution in [2.45, 2.75) is 30.3 Å². The van der Waals surface area contributed by atoms with Gasteiger partial charge in [0.15, 0.2) is 0 Å². The van der Waals surface area contributed by atoms with E-state index >= 15 is 0 Å². The zero-order valence-electron chi connectivity index (χ0n) is 11.4. The SMILES string of the molecule is NCc1ncccc1S(=O)(=O)N1CCN(C2CC2)CC1. The van der Waals surface area contributed by atoms with E-state index in [0.717, 1.165) is 13.1 Å². The third-order valence-electron chi connectivity index (χ3n) is 4.00. The van der Waals surface area contributed by atoms with Crippen molar-refractivity contribution in [3.05, 3.63) is 24.0 Å². The van der Waals surface area contributed by atoms with Crippen LogP contribution in [0.15, 0.2) is 23.2 Å².